The van der Waals surface area contributed by atoms with E-state index in [2.05, 4.69) is 0 Å². The molecule has 2 rings (SSSR count). The van der Waals surface area contributed by atoms with Crippen molar-refractivity contribution in [3.63, 3.8) is 0 Å². The highest BCUT2D eigenvalue weighted by atomic mass is 32.1. The minimum Gasteiger partial charge on any atom is -0.388 e. The molecular formula is C15H14F4OS. The lowest BCUT2D eigenvalue weighted by molar-refractivity contribution is -0.137. The molecule has 0 amide bonds. The molecule has 0 saturated heterocycles. The van der Waals surface area contributed by atoms with E-state index in [1.807, 2.05) is 19.1 Å². The lowest BCUT2D eigenvalue weighted by atomic mass is 10.0. The van der Waals surface area contributed by atoms with E-state index < -0.39 is 23.7 Å². The minimum atomic E-state index is -4.63. The Hall–Kier alpha value is -1.40. The Kier molecular flexibility index (Phi) is 4.68. The normalized spacial score (nSPS) is 13.4. The predicted octanol–water partition coefficient (Wildman–Crippen LogP) is 4.74. The van der Waals surface area contributed by atoms with Gasteiger partial charge in [-0.05, 0) is 42.3 Å². The molecule has 114 valence electrons. The average Bonchev–Trinajstić information content (AvgIpc) is 2.84. The van der Waals surface area contributed by atoms with Crippen LogP contribution in [-0.2, 0) is 19.0 Å². The Balaban J connectivity index is 2.22. The highest BCUT2D eigenvalue weighted by Crippen LogP contribution is 2.32. The molecule has 1 heterocycles. The average molecular weight is 318 g/mol. The molecule has 1 unspecified atom stereocenters. The molecule has 0 aliphatic heterocycles. The topological polar surface area (TPSA) is 20.2 Å². The van der Waals surface area contributed by atoms with Crippen molar-refractivity contribution in [1.29, 1.82) is 0 Å². The van der Waals surface area contributed by atoms with Crippen molar-refractivity contribution in [2.24, 2.45) is 0 Å². The van der Waals surface area contributed by atoms with Crippen LogP contribution < -0.4 is 0 Å². The molecule has 0 bridgehead atoms. The van der Waals surface area contributed by atoms with Crippen LogP contribution in [0.25, 0.3) is 0 Å². The van der Waals surface area contributed by atoms with Crippen molar-refractivity contribution < 1.29 is 22.7 Å². The van der Waals surface area contributed by atoms with Gasteiger partial charge in [0.1, 0.15) is 5.82 Å². The number of aliphatic hydroxyl groups is 1. The SMILES string of the molecule is CCc1ccc(CC(O)c2cc(F)cc(C(F)(F)F)c2)s1. The summed E-state index contributed by atoms with van der Waals surface area (Å²) in [6, 6.07) is 5.91. The maximum Gasteiger partial charge on any atom is 0.416 e. The maximum absolute atomic E-state index is 13.3. The lowest BCUT2D eigenvalue weighted by Gasteiger charge is -2.13. The maximum atomic E-state index is 13.3. The fourth-order valence-corrected chi connectivity index (χ4v) is 2.99. The van der Waals surface area contributed by atoms with Crippen molar-refractivity contribution in [3.8, 4) is 0 Å². The Morgan fingerprint density at radius 2 is 1.81 bits per heavy atom. The summed E-state index contributed by atoms with van der Waals surface area (Å²) in [4.78, 5) is 1.99. The van der Waals surface area contributed by atoms with E-state index in [9.17, 15) is 22.7 Å². The number of thiophene rings is 1. The number of hydrogen-bond donors (Lipinski definition) is 1. The monoisotopic (exact) mass is 318 g/mol. The first kappa shape index (κ1) is 16.0. The Morgan fingerprint density at radius 3 is 2.38 bits per heavy atom. The summed E-state index contributed by atoms with van der Waals surface area (Å²) < 4.78 is 51.2. The Morgan fingerprint density at radius 1 is 1.14 bits per heavy atom. The van der Waals surface area contributed by atoms with Gasteiger partial charge in [0.15, 0.2) is 0 Å². The van der Waals surface area contributed by atoms with Crippen LogP contribution in [0.5, 0.6) is 0 Å². The van der Waals surface area contributed by atoms with Crippen LogP contribution >= 0.6 is 11.3 Å². The molecule has 1 aromatic carbocycles. The first-order chi connectivity index (χ1) is 9.79. The molecule has 0 aliphatic rings. The zero-order valence-corrected chi connectivity index (χ0v) is 12.1. The second-order valence-electron chi connectivity index (χ2n) is 4.71. The molecule has 0 saturated carbocycles. The summed E-state index contributed by atoms with van der Waals surface area (Å²) >= 11 is 1.49. The summed E-state index contributed by atoms with van der Waals surface area (Å²) in [5.74, 6) is -1.00. The van der Waals surface area contributed by atoms with E-state index in [4.69, 9.17) is 0 Å². The first-order valence-corrected chi connectivity index (χ1v) is 7.24. The van der Waals surface area contributed by atoms with Crippen molar-refractivity contribution >= 4 is 11.3 Å². The van der Waals surface area contributed by atoms with Gasteiger partial charge in [-0.3, -0.25) is 0 Å². The molecule has 0 spiro atoms. The van der Waals surface area contributed by atoms with Crippen LogP contribution in [0, 0.1) is 5.82 Å². The van der Waals surface area contributed by atoms with E-state index in [1.54, 1.807) is 0 Å². The van der Waals surface area contributed by atoms with Gasteiger partial charge in [-0.2, -0.15) is 13.2 Å². The molecule has 1 N–H and O–H groups in total. The minimum absolute atomic E-state index is 0.0613. The predicted molar refractivity (Wildman–Crippen MR) is 73.8 cm³/mol. The molecule has 0 aliphatic carbocycles. The molecule has 0 fully saturated rings. The Bertz CT molecular complexity index is 618. The van der Waals surface area contributed by atoms with E-state index in [-0.39, 0.29) is 12.0 Å². The van der Waals surface area contributed by atoms with Gasteiger partial charge in [-0.15, -0.1) is 11.3 Å². The van der Waals surface area contributed by atoms with Gasteiger partial charge >= 0.3 is 6.18 Å². The van der Waals surface area contributed by atoms with E-state index >= 15 is 0 Å². The number of alkyl halides is 3. The lowest BCUT2D eigenvalue weighted by Crippen LogP contribution is -2.09. The number of halogens is 4. The van der Waals surface area contributed by atoms with Crippen LogP contribution in [0.1, 0.15) is 33.9 Å². The number of benzene rings is 1. The smallest absolute Gasteiger partial charge is 0.388 e. The van der Waals surface area contributed by atoms with Crippen molar-refractivity contribution in [1.82, 2.24) is 0 Å². The molecule has 21 heavy (non-hydrogen) atoms. The van der Waals surface area contributed by atoms with E-state index in [1.165, 1.54) is 11.3 Å². The van der Waals surface area contributed by atoms with Gasteiger partial charge in [-0.1, -0.05) is 6.92 Å². The van der Waals surface area contributed by atoms with Crippen LogP contribution in [0.15, 0.2) is 30.3 Å². The summed E-state index contributed by atoms with van der Waals surface area (Å²) in [5, 5.41) is 10.0. The quantitative estimate of drug-likeness (QED) is 0.807. The van der Waals surface area contributed by atoms with E-state index in [0.29, 0.717) is 6.07 Å². The zero-order valence-electron chi connectivity index (χ0n) is 11.2. The Labute approximate surface area is 123 Å². The van der Waals surface area contributed by atoms with Gasteiger partial charge in [0.2, 0.25) is 0 Å². The molecule has 1 nitrogen and oxygen atoms in total. The standard InChI is InChI=1S/C15H14F4OS/c1-2-12-3-4-13(21-12)8-14(20)9-5-10(15(17,18)19)7-11(16)6-9/h3-7,14,20H,2,8H2,1H3. The summed E-state index contributed by atoms with van der Waals surface area (Å²) in [5.41, 5.74) is -1.15. The number of aliphatic hydroxyl groups excluding tert-OH is 1. The summed E-state index contributed by atoms with van der Waals surface area (Å²) in [6.45, 7) is 1.99. The second kappa shape index (κ2) is 6.15. The van der Waals surface area contributed by atoms with Gasteiger partial charge in [0.05, 0.1) is 11.7 Å². The van der Waals surface area contributed by atoms with Gasteiger partial charge in [0, 0.05) is 16.2 Å². The molecule has 2 aromatic rings. The second-order valence-corrected chi connectivity index (χ2v) is 5.97. The summed E-state index contributed by atoms with van der Waals surface area (Å²) in [6.07, 6.45) is -4.76. The fraction of sp³-hybridized carbons (Fsp3) is 0.333. The number of hydrogen-bond acceptors (Lipinski definition) is 2. The molecular weight excluding hydrogens is 304 g/mol. The molecule has 1 atom stereocenters. The van der Waals surface area contributed by atoms with Gasteiger partial charge in [0.25, 0.3) is 0 Å². The fourth-order valence-electron chi connectivity index (χ4n) is 2.00. The van der Waals surface area contributed by atoms with Gasteiger partial charge in [-0.25, -0.2) is 4.39 Å². The molecule has 6 heteroatoms. The van der Waals surface area contributed by atoms with Crippen molar-refractivity contribution in [3.05, 3.63) is 57.0 Å². The van der Waals surface area contributed by atoms with E-state index in [0.717, 1.165) is 28.3 Å². The third kappa shape index (κ3) is 4.04. The van der Waals surface area contributed by atoms with Crippen molar-refractivity contribution in [2.75, 3.05) is 0 Å². The highest BCUT2D eigenvalue weighted by molar-refractivity contribution is 7.11. The van der Waals surface area contributed by atoms with Crippen LogP contribution in [-0.4, -0.2) is 5.11 Å². The molecule has 1 aromatic heterocycles. The number of rotatable bonds is 4. The largest absolute Gasteiger partial charge is 0.416 e. The zero-order chi connectivity index (χ0) is 15.6. The third-order valence-electron chi connectivity index (χ3n) is 3.09. The highest BCUT2D eigenvalue weighted by Gasteiger charge is 2.32. The summed E-state index contributed by atoms with van der Waals surface area (Å²) in [7, 11) is 0. The van der Waals surface area contributed by atoms with Crippen LogP contribution in [0.3, 0.4) is 0 Å². The molecule has 0 radical (unpaired) electrons. The van der Waals surface area contributed by atoms with Crippen LogP contribution in [0.2, 0.25) is 0 Å². The third-order valence-corrected chi connectivity index (χ3v) is 4.34. The van der Waals surface area contributed by atoms with Crippen LogP contribution in [0.4, 0.5) is 17.6 Å². The number of aryl methyl sites for hydroxylation is 1. The van der Waals surface area contributed by atoms with Crippen molar-refractivity contribution in [2.45, 2.75) is 32.0 Å². The van der Waals surface area contributed by atoms with Gasteiger partial charge < -0.3 is 5.11 Å². The first-order valence-electron chi connectivity index (χ1n) is 6.43.